The van der Waals surface area contributed by atoms with E-state index in [0.717, 1.165) is 5.69 Å². The zero-order valence-electron chi connectivity index (χ0n) is 12.1. The Bertz CT molecular complexity index is 559. The quantitative estimate of drug-likeness (QED) is 0.678. The summed E-state index contributed by atoms with van der Waals surface area (Å²) in [5, 5.41) is 15.9. The lowest BCUT2D eigenvalue weighted by atomic mass is 9.77. The molecule has 4 heteroatoms. The Kier molecular flexibility index (Phi) is 3.93. The van der Waals surface area contributed by atoms with Gasteiger partial charge in [0.1, 0.15) is 5.76 Å². The predicted molar refractivity (Wildman–Crippen MR) is 81.0 cm³/mol. The molecule has 0 aromatic heterocycles. The molecule has 0 atom stereocenters. The zero-order valence-corrected chi connectivity index (χ0v) is 12.1. The first-order valence-corrected chi connectivity index (χ1v) is 6.67. The molecule has 1 aromatic rings. The maximum absolute atomic E-state index is 12.0. The van der Waals surface area contributed by atoms with E-state index in [4.69, 9.17) is 0 Å². The number of nitrogens with zero attached hydrogens (tertiary/aromatic N) is 2. The third-order valence-electron chi connectivity index (χ3n) is 3.39. The molecule has 20 heavy (non-hydrogen) atoms. The minimum absolute atomic E-state index is 0.0519. The van der Waals surface area contributed by atoms with E-state index in [9.17, 15) is 9.90 Å². The van der Waals surface area contributed by atoms with E-state index < -0.39 is 0 Å². The molecule has 0 bridgehead atoms. The average molecular weight is 272 g/mol. The van der Waals surface area contributed by atoms with Crippen LogP contribution in [0.5, 0.6) is 0 Å². The number of hydrogen-bond donors (Lipinski definition) is 1. The summed E-state index contributed by atoms with van der Waals surface area (Å²) in [7, 11) is 1.81. The molecule has 0 unspecified atom stereocenters. The molecule has 1 aliphatic rings. The van der Waals surface area contributed by atoms with Gasteiger partial charge in [-0.3, -0.25) is 9.80 Å². The second-order valence-corrected chi connectivity index (χ2v) is 5.91. The number of aliphatic hydroxyl groups excluding tert-OH is 1. The molecule has 1 N–H and O–H groups in total. The van der Waals surface area contributed by atoms with E-state index in [1.165, 1.54) is 6.21 Å². The van der Waals surface area contributed by atoms with Crippen molar-refractivity contribution >= 4 is 17.7 Å². The first-order chi connectivity index (χ1) is 9.39. The SMILES string of the molecule is CN(N=CC1=C(O)CC(C)(C)CC1=O)c1ccccc1. The standard InChI is InChI=1S/C16H20N2O2/c1-16(2)9-14(19)13(15(20)10-16)11-17-18(3)12-7-5-4-6-8-12/h4-8,11,19H,9-10H2,1-3H3. The van der Waals surface area contributed by atoms with Gasteiger partial charge in [-0.05, 0) is 17.5 Å². The summed E-state index contributed by atoms with van der Waals surface area (Å²) in [6.07, 6.45) is 2.41. The van der Waals surface area contributed by atoms with Crippen LogP contribution < -0.4 is 5.01 Å². The fourth-order valence-corrected chi connectivity index (χ4v) is 2.30. The van der Waals surface area contributed by atoms with Crippen molar-refractivity contribution in [1.82, 2.24) is 0 Å². The van der Waals surface area contributed by atoms with Gasteiger partial charge < -0.3 is 5.11 Å². The molecule has 1 aliphatic carbocycles. The number of para-hydroxylation sites is 1. The Balaban J connectivity index is 2.17. The summed E-state index contributed by atoms with van der Waals surface area (Å²) >= 11 is 0. The van der Waals surface area contributed by atoms with Crippen molar-refractivity contribution in [2.45, 2.75) is 26.7 Å². The molecule has 0 saturated carbocycles. The third-order valence-corrected chi connectivity index (χ3v) is 3.39. The van der Waals surface area contributed by atoms with Crippen molar-refractivity contribution in [2.75, 3.05) is 12.1 Å². The Morgan fingerprint density at radius 3 is 2.50 bits per heavy atom. The van der Waals surface area contributed by atoms with Gasteiger partial charge in [-0.2, -0.15) is 5.10 Å². The number of carbonyl (C=O) groups is 1. The lowest BCUT2D eigenvalue weighted by Crippen LogP contribution is -2.26. The number of ketones is 1. The topological polar surface area (TPSA) is 52.9 Å². The van der Waals surface area contributed by atoms with Crippen LogP contribution in [-0.4, -0.2) is 24.2 Å². The van der Waals surface area contributed by atoms with Gasteiger partial charge in [0, 0.05) is 19.9 Å². The molecule has 0 aliphatic heterocycles. The Morgan fingerprint density at radius 2 is 1.90 bits per heavy atom. The van der Waals surface area contributed by atoms with Crippen LogP contribution in [-0.2, 0) is 4.79 Å². The smallest absolute Gasteiger partial charge is 0.168 e. The average Bonchev–Trinajstić information content (AvgIpc) is 2.37. The van der Waals surface area contributed by atoms with Gasteiger partial charge in [0.2, 0.25) is 0 Å². The summed E-state index contributed by atoms with van der Waals surface area (Å²) in [5.74, 6) is 0.0837. The van der Waals surface area contributed by atoms with Crippen LogP contribution in [0.15, 0.2) is 46.8 Å². The molecule has 0 amide bonds. The molecule has 106 valence electrons. The molecule has 0 saturated heterocycles. The molecule has 2 rings (SSSR count). The maximum atomic E-state index is 12.0. The minimum atomic E-state index is -0.177. The van der Waals surface area contributed by atoms with Gasteiger partial charge in [0.25, 0.3) is 0 Å². The number of rotatable bonds is 3. The number of Topliss-reactive ketones (excluding diaryl/α,β-unsaturated/α-hetero) is 1. The first-order valence-electron chi connectivity index (χ1n) is 6.67. The third kappa shape index (κ3) is 3.26. The van der Waals surface area contributed by atoms with Crippen molar-refractivity contribution in [1.29, 1.82) is 0 Å². The highest BCUT2D eigenvalue weighted by Crippen LogP contribution is 2.35. The van der Waals surface area contributed by atoms with Gasteiger partial charge in [-0.1, -0.05) is 32.0 Å². The molecule has 1 aromatic carbocycles. The summed E-state index contributed by atoms with van der Waals surface area (Å²) in [4.78, 5) is 12.0. The van der Waals surface area contributed by atoms with Crippen LogP contribution in [0.25, 0.3) is 0 Å². The van der Waals surface area contributed by atoms with E-state index in [0.29, 0.717) is 18.4 Å². The number of hydrogen-bond acceptors (Lipinski definition) is 4. The number of benzene rings is 1. The van der Waals surface area contributed by atoms with Gasteiger partial charge in [0.15, 0.2) is 5.78 Å². The largest absolute Gasteiger partial charge is 0.511 e. The highest BCUT2D eigenvalue weighted by molar-refractivity contribution is 6.14. The van der Waals surface area contributed by atoms with Crippen LogP contribution in [0.3, 0.4) is 0 Å². The minimum Gasteiger partial charge on any atom is -0.511 e. The van der Waals surface area contributed by atoms with Crippen molar-refractivity contribution in [2.24, 2.45) is 10.5 Å². The maximum Gasteiger partial charge on any atom is 0.168 e. The number of aliphatic hydroxyl groups is 1. The van der Waals surface area contributed by atoms with Crippen LogP contribution in [0, 0.1) is 5.41 Å². The lowest BCUT2D eigenvalue weighted by molar-refractivity contribution is -0.117. The second-order valence-electron chi connectivity index (χ2n) is 5.91. The molecule has 0 heterocycles. The number of anilines is 1. The van der Waals surface area contributed by atoms with Crippen molar-refractivity contribution < 1.29 is 9.90 Å². The van der Waals surface area contributed by atoms with Crippen molar-refractivity contribution in [3.8, 4) is 0 Å². The van der Waals surface area contributed by atoms with E-state index >= 15 is 0 Å². The summed E-state index contributed by atoms with van der Waals surface area (Å²) in [6.45, 7) is 3.95. The van der Waals surface area contributed by atoms with Crippen LogP contribution >= 0.6 is 0 Å². The normalized spacial score (nSPS) is 18.6. The fourth-order valence-electron chi connectivity index (χ4n) is 2.30. The Labute approximate surface area is 119 Å². The van der Waals surface area contributed by atoms with Gasteiger partial charge in [-0.15, -0.1) is 0 Å². The van der Waals surface area contributed by atoms with Gasteiger partial charge in [-0.25, -0.2) is 0 Å². The Morgan fingerprint density at radius 1 is 1.25 bits per heavy atom. The van der Waals surface area contributed by atoms with Crippen LogP contribution in [0.4, 0.5) is 5.69 Å². The van der Waals surface area contributed by atoms with Crippen LogP contribution in [0.1, 0.15) is 26.7 Å². The number of allylic oxidation sites excluding steroid dienone is 2. The molecule has 0 radical (unpaired) electrons. The highest BCUT2D eigenvalue weighted by atomic mass is 16.3. The summed E-state index contributed by atoms with van der Waals surface area (Å²) in [5.41, 5.74) is 1.07. The molecule has 0 fully saturated rings. The van der Waals surface area contributed by atoms with E-state index in [1.54, 1.807) is 12.1 Å². The fraction of sp³-hybridized carbons (Fsp3) is 0.375. The molecule has 0 spiro atoms. The molecule has 4 nitrogen and oxygen atoms in total. The van der Waals surface area contributed by atoms with Gasteiger partial charge in [0.05, 0.1) is 17.5 Å². The monoisotopic (exact) mass is 272 g/mol. The van der Waals surface area contributed by atoms with Crippen molar-refractivity contribution in [3.63, 3.8) is 0 Å². The predicted octanol–water partition coefficient (Wildman–Crippen LogP) is 3.31. The molecular weight excluding hydrogens is 252 g/mol. The van der Waals surface area contributed by atoms with E-state index in [1.807, 2.05) is 44.2 Å². The van der Waals surface area contributed by atoms with Gasteiger partial charge >= 0.3 is 0 Å². The first kappa shape index (κ1) is 14.3. The van der Waals surface area contributed by atoms with E-state index in [-0.39, 0.29) is 17.0 Å². The zero-order chi connectivity index (χ0) is 14.8. The summed E-state index contributed by atoms with van der Waals surface area (Å²) in [6, 6.07) is 9.63. The number of carbonyl (C=O) groups excluding carboxylic acids is 1. The highest BCUT2D eigenvalue weighted by Gasteiger charge is 2.32. The summed E-state index contributed by atoms with van der Waals surface area (Å²) < 4.78 is 0. The molecular formula is C16H20N2O2. The van der Waals surface area contributed by atoms with Crippen molar-refractivity contribution in [3.05, 3.63) is 41.7 Å². The van der Waals surface area contributed by atoms with Crippen LogP contribution in [0.2, 0.25) is 0 Å². The Hall–Kier alpha value is -2.10. The number of hydrazone groups is 1. The van der Waals surface area contributed by atoms with E-state index in [2.05, 4.69) is 5.10 Å². The lowest BCUT2D eigenvalue weighted by Gasteiger charge is -2.28. The second kappa shape index (κ2) is 5.49.